The smallest absolute Gasteiger partial charge is 0.386 e. The monoisotopic (exact) mass is 263 g/mol. The molecule has 0 spiro atoms. The standard InChI is InChI=1S/C11H27N2O3Si/c1-5-15-17(16-11(3)14-4)9-10(2)8-13-7-6-12/h10-11,13H,5-9,12H2,1-4H3. The number of ether oxygens (including phenoxy) is 1. The number of nitrogens with one attached hydrogen (secondary N) is 1. The molecule has 0 rings (SSSR count). The molecule has 0 aliphatic carbocycles. The van der Waals surface area contributed by atoms with Gasteiger partial charge in [0.2, 0.25) is 0 Å². The molecule has 0 aromatic carbocycles. The van der Waals surface area contributed by atoms with Gasteiger partial charge in [0.1, 0.15) is 6.29 Å². The molecule has 3 N–H and O–H groups in total. The Morgan fingerprint density at radius 2 is 2.06 bits per heavy atom. The summed E-state index contributed by atoms with van der Waals surface area (Å²) in [6, 6.07) is 0.948. The maximum absolute atomic E-state index is 5.72. The van der Waals surface area contributed by atoms with E-state index in [1.165, 1.54) is 0 Å². The molecule has 103 valence electrons. The zero-order valence-electron chi connectivity index (χ0n) is 11.5. The first-order chi connectivity index (χ1) is 8.13. The minimum Gasteiger partial charge on any atom is -0.394 e. The molecule has 6 heteroatoms. The van der Waals surface area contributed by atoms with Crippen molar-refractivity contribution in [1.29, 1.82) is 0 Å². The van der Waals surface area contributed by atoms with Crippen LogP contribution in [-0.4, -0.2) is 48.9 Å². The molecule has 0 aromatic heterocycles. The molecule has 0 bridgehead atoms. The first-order valence-electron chi connectivity index (χ1n) is 6.22. The SMILES string of the molecule is CCO[Si](CC(C)CNCCN)OC(C)OC. The number of rotatable bonds is 11. The second-order valence-electron chi connectivity index (χ2n) is 4.03. The molecule has 0 heterocycles. The zero-order chi connectivity index (χ0) is 13.1. The van der Waals surface area contributed by atoms with Crippen LogP contribution in [0.4, 0.5) is 0 Å². The van der Waals surface area contributed by atoms with Crippen molar-refractivity contribution in [2.75, 3.05) is 33.4 Å². The van der Waals surface area contributed by atoms with E-state index in [4.69, 9.17) is 19.3 Å². The van der Waals surface area contributed by atoms with Crippen molar-refractivity contribution in [1.82, 2.24) is 5.32 Å². The minimum absolute atomic E-state index is 0.195. The number of nitrogens with two attached hydrogens (primary N) is 1. The molecule has 2 atom stereocenters. The van der Waals surface area contributed by atoms with Crippen molar-refractivity contribution in [3.8, 4) is 0 Å². The summed E-state index contributed by atoms with van der Waals surface area (Å²) in [6.45, 7) is 9.23. The van der Waals surface area contributed by atoms with Crippen molar-refractivity contribution >= 4 is 9.28 Å². The van der Waals surface area contributed by atoms with E-state index in [1.807, 2.05) is 13.8 Å². The van der Waals surface area contributed by atoms with Crippen molar-refractivity contribution in [3.05, 3.63) is 0 Å². The van der Waals surface area contributed by atoms with Gasteiger partial charge in [-0.1, -0.05) is 6.92 Å². The van der Waals surface area contributed by atoms with Crippen LogP contribution >= 0.6 is 0 Å². The third-order valence-electron chi connectivity index (χ3n) is 2.26. The Kier molecular flexibility index (Phi) is 11.1. The quantitative estimate of drug-likeness (QED) is 0.326. The van der Waals surface area contributed by atoms with Crippen LogP contribution < -0.4 is 11.1 Å². The molecular formula is C11H27N2O3Si. The van der Waals surface area contributed by atoms with Crippen LogP contribution in [-0.2, 0) is 13.6 Å². The van der Waals surface area contributed by atoms with E-state index in [-0.39, 0.29) is 6.29 Å². The third-order valence-corrected chi connectivity index (χ3v) is 4.50. The van der Waals surface area contributed by atoms with E-state index in [2.05, 4.69) is 12.2 Å². The number of hydrogen-bond acceptors (Lipinski definition) is 5. The van der Waals surface area contributed by atoms with Crippen LogP contribution in [0.3, 0.4) is 0 Å². The van der Waals surface area contributed by atoms with Crippen LogP contribution in [0.25, 0.3) is 0 Å². The summed E-state index contributed by atoms with van der Waals surface area (Å²) >= 11 is 0. The molecule has 0 fully saturated rings. The highest BCUT2D eigenvalue weighted by molar-refractivity contribution is 6.44. The highest BCUT2D eigenvalue weighted by atomic mass is 28.3. The Hall–Kier alpha value is 0.0169. The zero-order valence-corrected chi connectivity index (χ0v) is 12.5. The molecule has 0 saturated heterocycles. The topological polar surface area (TPSA) is 65.7 Å². The van der Waals surface area contributed by atoms with Crippen LogP contribution in [0.1, 0.15) is 20.8 Å². The molecule has 0 amide bonds. The summed E-state index contributed by atoms with van der Waals surface area (Å²) in [4.78, 5) is 0. The van der Waals surface area contributed by atoms with Gasteiger partial charge in [0.25, 0.3) is 0 Å². The Labute approximate surface area is 107 Å². The molecule has 2 unspecified atom stereocenters. The highest BCUT2D eigenvalue weighted by Crippen LogP contribution is 2.10. The van der Waals surface area contributed by atoms with Gasteiger partial charge in [-0.2, -0.15) is 0 Å². The molecule has 0 saturated carbocycles. The van der Waals surface area contributed by atoms with Crippen molar-refractivity contribution < 1.29 is 13.6 Å². The van der Waals surface area contributed by atoms with Gasteiger partial charge in [0.15, 0.2) is 0 Å². The van der Waals surface area contributed by atoms with Gasteiger partial charge in [-0.05, 0) is 32.4 Å². The fourth-order valence-corrected chi connectivity index (χ4v) is 3.13. The fourth-order valence-electron chi connectivity index (χ4n) is 1.34. The Morgan fingerprint density at radius 1 is 1.35 bits per heavy atom. The van der Waals surface area contributed by atoms with E-state index in [9.17, 15) is 0 Å². The summed E-state index contributed by atoms with van der Waals surface area (Å²) in [6.07, 6.45) is -0.195. The van der Waals surface area contributed by atoms with Crippen molar-refractivity contribution in [2.45, 2.75) is 33.1 Å². The highest BCUT2D eigenvalue weighted by Gasteiger charge is 2.21. The number of methoxy groups -OCH3 is 1. The predicted molar refractivity (Wildman–Crippen MR) is 70.8 cm³/mol. The minimum atomic E-state index is -1.24. The first-order valence-corrected chi connectivity index (χ1v) is 7.75. The van der Waals surface area contributed by atoms with Gasteiger partial charge < -0.3 is 24.6 Å². The average molecular weight is 263 g/mol. The Morgan fingerprint density at radius 3 is 2.59 bits per heavy atom. The Balaban J connectivity index is 3.87. The molecule has 5 nitrogen and oxygen atoms in total. The summed E-state index contributed by atoms with van der Waals surface area (Å²) in [5, 5.41) is 3.30. The second-order valence-corrected chi connectivity index (χ2v) is 5.70. The van der Waals surface area contributed by atoms with Crippen LogP contribution in [0, 0.1) is 5.92 Å². The maximum atomic E-state index is 5.72. The lowest BCUT2D eigenvalue weighted by molar-refractivity contribution is -0.0553. The fraction of sp³-hybridized carbons (Fsp3) is 1.00. The lowest BCUT2D eigenvalue weighted by atomic mass is 10.2. The van der Waals surface area contributed by atoms with E-state index < -0.39 is 9.28 Å². The maximum Gasteiger partial charge on any atom is 0.386 e. The molecule has 0 aliphatic rings. The van der Waals surface area contributed by atoms with E-state index in [0.717, 1.165) is 19.1 Å². The largest absolute Gasteiger partial charge is 0.394 e. The van der Waals surface area contributed by atoms with Gasteiger partial charge in [0.05, 0.1) is 0 Å². The van der Waals surface area contributed by atoms with Crippen molar-refractivity contribution in [2.24, 2.45) is 11.7 Å². The number of hydrogen-bond donors (Lipinski definition) is 2. The first kappa shape index (κ1) is 17.0. The van der Waals surface area contributed by atoms with E-state index in [0.29, 0.717) is 19.1 Å². The van der Waals surface area contributed by atoms with Crippen molar-refractivity contribution in [3.63, 3.8) is 0 Å². The molecule has 1 radical (unpaired) electrons. The second kappa shape index (κ2) is 11.1. The summed E-state index contributed by atoms with van der Waals surface area (Å²) in [5.74, 6) is 0.519. The third kappa shape index (κ3) is 9.69. The summed E-state index contributed by atoms with van der Waals surface area (Å²) in [7, 11) is 0.402. The van der Waals surface area contributed by atoms with Gasteiger partial charge >= 0.3 is 9.28 Å². The normalized spacial score (nSPS) is 15.2. The van der Waals surface area contributed by atoms with Gasteiger partial charge in [0, 0.05) is 26.8 Å². The van der Waals surface area contributed by atoms with Crippen LogP contribution in [0.5, 0.6) is 0 Å². The molecule has 0 aromatic rings. The summed E-state index contributed by atoms with van der Waals surface area (Å²) in [5.41, 5.74) is 5.43. The van der Waals surface area contributed by atoms with Gasteiger partial charge in [-0.15, -0.1) is 0 Å². The molecule has 0 aliphatic heterocycles. The Bertz CT molecular complexity index is 175. The van der Waals surface area contributed by atoms with Crippen LogP contribution in [0.2, 0.25) is 6.04 Å². The van der Waals surface area contributed by atoms with Crippen LogP contribution in [0.15, 0.2) is 0 Å². The predicted octanol–water partition coefficient (Wildman–Crippen LogP) is 0.705. The summed E-state index contributed by atoms with van der Waals surface area (Å²) < 4.78 is 16.5. The average Bonchev–Trinajstić information content (AvgIpc) is 2.29. The lowest BCUT2D eigenvalue weighted by Gasteiger charge is -2.21. The lowest BCUT2D eigenvalue weighted by Crippen LogP contribution is -2.34. The van der Waals surface area contributed by atoms with Gasteiger partial charge in [-0.25, -0.2) is 0 Å². The molecular weight excluding hydrogens is 236 g/mol. The molecule has 17 heavy (non-hydrogen) atoms. The van der Waals surface area contributed by atoms with E-state index in [1.54, 1.807) is 7.11 Å². The van der Waals surface area contributed by atoms with Gasteiger partial charge in [-0.3, -0.25) is 0 Å². The van der Waals surface area contributed by atoms with E-state index >= 15 is 0 Å².